The number of carbonyl (C=O) groups is 2. The Morgan fingerprint density at radius 2 is 1.90 bits per heavy atom. The molecule has 1 rings (SSSR count). The van der Waals surface area contributed by atoms with Crippen LogP contribution >= 0.6 is 0 Å². The highest BCUT2D eigenvalue weighted by molar-refractivity contribution is 5.95. The van der Waals surface area contributed by atoms with Gasteiger partial charge in [0, 0.05) is 18.2 Å². The van der Waals surface area contributed by atoms with E-state index in [9.17, 15) is 22.8 Å². The van der Waals surface area contributed by atoms with E-state index in [1.807, 2.05) is 0 Å². The minimum absolute atomic E-state index is 0.199. The van der Waals surface area contributed by atoms with Gasteiger partial charge >= 0.3 is 12.1 Å². The summed E-state index contributed by atoms with van der Waals surface area (Å²) in [6, 6.07) is 2.22. The third kappa shape index (κ3) is 4.75. The SMILES string of the molecule is CNCC(C)C(=O)Nc1cc(C(=O)O)cc(C(F)(F)F)c1. The molecule has 8 heteroatoms. The van der Waals surface area contributed by atoms with E-state index in [1.54, 1.807) is 14.0 Å². The van der Waals surface area contributed by atoms with Crippen LogP contribution in [0.2, 0.25) is 0 Å². The Bertz CT molecular complexity index is 544. The highest BCUT2D eigenvalue weighted by Gasteiger charge is 2.32. The Morgan fingerprint density at radius 3 is 2.38 bits per heavy atom. The maximum atomic E-state index is 12.7. The Labute approximate surface area is 119 Å². The Morgan fingerprint density at radius 1 is 1.29 bits per heavy atom. The number of hydrogen-bond donors (Lipinski definition) is 3. The molecule has 0 radical (unpaired) electrons. The van der Waals surface area contributed by atoms with Gasteiger partial charge in [-0.25, -0.2) is 4.79 Å². The van der Waals surface area contributed by atoms with Crippen LogP contribution in [0.15, 0.2) is 18.2 Å². The number of nitrogens with one attached hydrogen (secondary N) is 2. The summed E-state index contributed by atoms with van der Waals surface area (Å²) in [6.45, 7) is 1.94. The third-order valence-electron chi connectivity index (χ3n) is 2.73. The molecule has 0 heterocycles. The molecule has 0 aliphatic rings. The van der Waals surface area contributed by atoms with Gasteiger partial charge in [-0.05, 0) is 25.2 Å². The van der Waals surface area contributed by atoms with Gasteiger partial charge in [-0.1, -0.05) is 6.92 Å². The molecule has 0 spiro atoms. The number of aromatic carboxylic acids is 1. The lowest BCUT2D eigenvalue weighted by molar-refractivity contribution is -0.137. The lowest BCUT2D eigenvalue weighted by Crippen LogP contribution is -2.28. The molecule has 116 valence electrons. The first-order chi connectivity index (χ1) is 9.65. The zero-order valence-electron chi connectivity index (χ0n) is 11.4. The van der Waals surface area contributed by atoms with Crippen molar-refractivity contribution in [1.29, 1.82) is 0 Å². The first-order valence-corrected chi connectivity index (χ1v) is 6.06. The normalized spacial score (nSPS) is 12.8. The van der Waals surface area contributed by atoms with Crippen molar-refractivity contribution in [2.45, 2.75) is 13.1 Å². The summed E-state index contributed by atoms with van der Waals surface area (Å²) >= 11 is 0. The molecule has 0 saturated heterocycles. The summed E-state index contributed by atoms with van der Waals surface area (Å²) in [6.07, 6.45) is -4.69. The van der Waals surface area contributed by atoms with E-state index in [0.717, 1.165) is 6.07 Å². The van der Waals surface area contributed by atoms with Crippen LogP contribution in [0.3, 0.4) is 0 Å². The molecular formula is C13H15F3N2O3. The van der Waals surface area contributed by atoms with Crippen molar-refractivity contribution in [2.24, 2.45) is 5.92 Å². The van der Waals surface area contributed by atoms with E-state index in [0.29, 0.717) is 18.7 Å². The number of benzene rings is 1. The third-order valence-corrected chi connectivity index (χ3v) is 2.73. The van der Waals surface area contributed by atoms with Crippen LogP contribution in [0.4, 0.5) is 18.9 Å². The summed E-state index contributed by atoms with van der Waals surface area (Å²) in [5.74, 6) is -2.47. The van der Waals surface area contributed by atoms with Gasteiger partial charge in [0.05, 0.1) is 11.1 Å². The van der Waals surface area contributed by atoms with Gasteiger partial charge in [-0.3, -0.25) is 4.79 Å². The average molecular weight is 304 g/mol. The molecular weight excluding hydrogens is 289 g/mol. The molecule has 0 aromatic heterocycles. The molecule has 1 aromatic carbocycles. The van der Waals surface area contributed by atoms with Gasteiger partial charge in [0.25, 0.3) is 0 Å². The predicted octanol–water partition coefficient (Wildman–Crippen LogP) is 2.20. The zero-order valence-corrected chi connectivity index (χ0v) is 11.4. The van der Waals surface area contributed by atoms with Crippen molar-refractivity contribution in [3.63, 3.8) is 0 Å². The minimum atomic E-state index is -4.69. The Balaban J connectivity index is 3.09. The molecule has 5 nitrogen and oxygen atoms in total. The van der Waals surface area contributed by atoms with Crippen molar-refractivity contribution in [1.82, 2.24) is 5.32 Å². The summed E-state index contributed by atoms with van der Waals surface area (Å²) in [5, 5.41) is 13.9. The lowest BCUT2D eigenvalue weighted by atomic mass is 10.1. The van der Waals surface area contributed by atoms with Crippen LogP contribution in [0.1, 0.15) is 22.8 Å². The largest absolute Gasteiger partial charge is 0.478 e. The smallest absolute Gasteiger partial charge is 0.416 e. The molecule has 0 fully saturated rings. The van der Waals surface area contributed by atoms with Crippen LogP contribution in [0.5, 0.6) is 0 Å². The summed E-state index contributed by atoms with van der Waals surface area (Å²) < 4.78 is 38.1. The van der Waals surface area contributed by atoms with Gasteiger partial charge in [0.1, 0.15) is 0 Å². The number of hydrogen-bond acceptors (Lipinski definition) is 3. The van der Waals surface area contributed by atoms with Gasteiger partial charge in [0.15, 0.2) is 0 Å². The zero-order chi connectivity index (χ0) is 16.2. The van der Waals surface area contributed by atoms with E-state index in [-0.39, 0.29) is 5.69 Å². The molecule has 1 aromatic rings. The van der Waals surface area contributed by atoms with Gasteiger partial charge < -0.3 is 15.7 Å². The molecule has 1 unspecified atom stereocenters. The molecule has 3 N–H and O–H groups in total. The second kappa shape index (κ2) is 6.57. The van der Waals surface area contributed by atoms with Crippen molar-refractivity contribution < 1.29 is 27.9 Å². The van der Waals surface area contributed by atoms with Gasteiger partial charge in [-0.15, -0.1) is 0 Å². The van der Waals surface area contributed by atoms with E-state index >= 15 is 0 Å². The predicted molar refractivity (Wildman–Crippen MR) is 70.1 cm³/mol. The maximum absolute atomic E-state index is 12.7. The fourth-order valence-electron chi connectivity index (χ4n) is 1.65. The molecule has 1 atom stereocenters. The number of carboxylic acid groups (broad SMARTS) is 1. The van der Waals surface area contributed by atoms with Crippen LogP contribution < -0.4 is 10.6 Å². The average Bonchev–Trinajstić information content (AvgIpc) is 2.37. The van der Waals surface area contributed by atoms with Crippen LogP contribution in [0, 0.1) is 5.92 Å². The van der Waals surface area contributed by atoms with E-state index < -0.39 is 35.1 Å². The lowest BCUT2D eigenvalue weighted by Gasteiger charge is -2.14. The highest BCUT2D eigenvalue weighted by Crippen LogP contribution is 2.32. The minimum Gasteiger partial charge on any atom is -0.478 e. The van der Waals surface area contributed by atoms with Crippen molar-refractivity contribution in [3.05, 3.63) is 29.3 Å². The molecule has 1 amide bonds. The topological polar surface area (TPSA) is 78.4 Å². The fraction of sp³-hybridized carbons (Fsp3) is 0.385. The molecule has 0 aliphatic carbocycles. The molecule has 0 aliphatic heterocycles. The van der Waals surface area contributed by atoms with Gasteiger partial charge in [-0.2, -0.15) is 13.2 Å². The number of alkyl halides is 3. The summed E-state index contributed by atoms with van der Waals surface area (Å²) in [5.41, 5.74) is -1.87. The first-order valence-electron chi connectivity index (χ1n) is 6.06. The van der Waals surface area contributed by atoms with E-state index in [2.05, 4.69) is 10.6 Å². The second-order valence-corrected chi connectivity index (χ2v) is 4.55. The number of carbonyl (C=O) groups excluding carboxylic acids is 1. The number of rotatable bonds is 5. The number of amides is 1. The monoisotopic (exact) mass is 304 g/mol. The van der Waals surface area contributed by atoms with E-state index in [4.69, 9.17) is 5.11 Å². The molecule has 0 bridgehead atoms. The fourth-order valence-corrected chi connectivity index (χ4v) is 1.65. The second-order valence-electron chi connectivity index (χ2n) is 4.55. The molecule has 21 heavy (non-hydrogen) atoms. The number of anilines is 1. The van der Waals surface area contributed by atoms with Crippen molar-refractivity contribution >= 4 is 17.6 Å². The van der Waals surface area contributed by atoms with Crippen LogP contribution in [-0.2, 0) is 11.0 Å². The standard InChI is InChI=1S/C13H15F3N2O3/c1-7(6-17-2)11(19)18-10-4-8(12(20)21)3-9(5-10)13(14,15)16/h3-5,7,17H,6H2,1-2H3,(H,18,19)(H,20,21). The van der Waals surface area contributed by atoms with Gasteiger partial charge in [0.2, 0.25) is 5.91 Å². The van der Waals surface area contributed by atoms with Crippen LogP contribution in [-0.4, -0.2) is 30.6 Å². The van der Waals surface area contributed by atoms with E-state index in [1.165, 1.54) is 0 Å². The number of carboxylic acids is 1. The molecule has 0 saturated carbocycles. The quantitative estimate of drug-likeness (QED) is 0.779. The Kier molecular flexibility index (Phi) is 5.31. The summed E-state index contributed by atoms with van der Waals surface area (Å²) in [7, 11) is 1.64. The Hall–Kier alpha value is -2.09. The van der Waals surface area contributed by atoms with Crippen LogP contribution in [0.25, 0.3) is 0 Å². The summed E-state index contributed by atoms with van der Waals surface area (Å²) in [4.78, 5) is 22.6. The maximum Gasteiger partial charge on any atom is 0.416 e. The number of halogens is 3. The highest BCUT2D eigenvalue weighted by atomic mass is 19.4. The first kappa shape index (κ1) is 17.0. The van der Waals surface area contributed by atoms with Crippen molar-refractivity contribution in [2.75, 3.05) is 18.9 Å². The van der Waals surface area contributed by atoms with Crippen molar-refractivity contribution in [3.8, 4) is 0 Å².